The lowest BCUT2D eigenvalue weighted by molar-refractivity contribution is -0.144. The van der Waals surface area contributed by atoms with Crippen molar-refractivity contribution in [2.45, 2.75) is 33.1 Å². The van der Waals surface area contributed by atoms with E-state index < -0.39 is 0 Å². The lowest BCUT2D eigenvalue weighted by atomic mass is 10.0. The van der Waals surface area contributed by atoms with Gasteiger partial charge in [0.25, 0.3) is 0 Å². The van der Waals surface area contributed by atoms with E-state index in [-0.39, 0.29) is 5.97 Å². The van der Waals surface area contributed by atoms with Gasteiger partial charge in [-0.3, -0.25) is 4.79 Å². The van der Waals surface area contributed by atoms with Crippen molar-refractivity contribution in [3.05, 3.63) is 18.5 Å². The van der Waals surface area contributed by atoms with Gasteiger partial charge in [0.15, 0.2) is 0 Å². The van der Waals surface area contributed by atoms with E-state index in [2.05, 4.69) is 29.1 Å². The van der Waals surface area contributed by atoms with E-state index in [1.54, 1.807) is 18.5 Å². The monoisotopic (exact) mass is 251 g/mol. The molecule has 0 radical (unpaired) electrons. The number of anilines is 1. The fourth-order valence-electron chi connectivity index (χ4n) is 1.66. The molecule has 0 saturated carbocycles. The summed E-state index contributed by atoms with van der Waals surface area (Å²) in [5.74, 6) is 0.813. The highest BCUT2D eigenvalue weighted by Crippen LogP contribution is 2.10. The van der Waals surface area contributed by atoms with Crippen molar-refractivity contribution in [2.75, 3.05) is 18.5 Å². The largest absolute Gasteiger partial charge is 0.464 e. The van der Waals surface area contributed by atoms with Crippen LogP contribution in [0.4, 0.5) is 5.95 Å². The van der Waals surface area contributed by atoms with Gasteiger partial charge in [-0.2, -0.15) is 0 Å². The van der Waals surface area contributed by atoms with E-state index in [1.807, 2.05) is 0 Å². The Morgan fingerprint density at radius 1 is 1.44 bits per heavy atom. The average molecular weight is 251 g/mol. The van der Waals surface area contributed by atoms with Gasteiger partial charge in [0.05, 0.1) is 6.54 Å². The van der Waals surface area contributed by atoms with Crippen LogP contribution >= 0.6 is 0 Å². The predicted octanol–water partition coefficient (Wildman–Crippen LogP) is 2.26. The van der Waals surface area contributed by atoms with Gasteiger partial charge in [-0.05, 0) is 12.0 Å². The van der Waals surface area contributed by atoms with Crippen LogP contribution in [0.2, 0.25) is 0 Å². The molecule has 1 rings (SSSR count). The quantitative estimate of drug-likeness (QED) is 0.567. The van der Waals surface area contributed by atoms with Crippen LogP contribution in [-0.2, 0) is 9.53 Å². The Balaban J connectivity index is 2.09. The minimum Gasteiger partial charge on any atom is -0.464 e. The van der Waals surface area contributed by atoms with Gasteiger partial charge >= 0.3 is 5.97 Å². The molecule has 1 atom stereocenters. The first-order valence-corrected chi connectivity index (χ1v) is 6.39. The maximum absolute atomic E-state index is 11.5. The van der Waals surface area contributed by atoms with Gasteiger partial charge in [-0.1, -0.05) is 26.7 Å². The third kappa shape index (κ3) is 6.18. The fraction of sp³-hybridized carbons (Fsp3) is 0.615. The number of nitrogens with zero attached hydrogens (tertiary/aromatic N) is 2. The molecule has 1 unspecified atom stereocenters. The number of esters is 1. The second-order valence-electron chi connectivity index (χ2n) is 4.32. The number of rotatable bonds is 8. The molecule has 0 aromatic carbocycles. The van der Waals surface area contributed by atoms with Gasteiger partial charge < -0.3 is 10.1 Å². The molecule has 18 heavy (non-hydrogen) atoms. The number of ether oxygens (including phenoxy) is 1. The summed E-state index contributed by atoms with van der Waals surface area (Å²) >= 11 is 0. The summed E-state index contributed by atoms with van der Waals surface area (Å²) in [6, 6.07) is 1.75. The summed E-state index contributed by atoms with van der Waals surface area (Å²) < 4.78 is 5.12. The van der Waals surface area contributed by atoms with Crippen LogP contribution in [0.5, 0.6) is 0 Å². The van der Waals surface area contributed by atoms with Gasteiger partial charge in [0.2, 0.25) is 5.95 Å². The highest BCUT2D eigenvalue weighted by molar-refractivity contribution is 5.69. The number of hydrogen-bond acceptors (Lipinski definition) is 5. The zero-order valence-electron chi connectivity index (χ0n) is 11.1. The van der Waals surface area contributed by atoms with Crippen LogP contribution in [0.3, 0.4) is 0 Å². The fourth-order valence-corrected chi connectivity index (χ4v) is 1.66. The lowest BCUT2D eigenvalue weighted by Gasteiger charge is -2.10. The minimum atomic E-state index is -0.133. The second kappa shape index (κ2) is 8.44. The summed E-state index contributed by atoms with van der Waals surface area (Å²) in [7, 11) is 0. The van der Waals surface area contributed by atoms with Crippen LogP contribution < -0.4 is 5.32 Å². The predicted molar refractivity (Wildman–Crippen MR) is 70.2 cm³/mol. The number of hydrogen-bond donors (Lipinski definition) is 1. The van der Waals surface area contributed by atoms with Crippen molar-refractivity contribution in [1.29, 1.82) is 0 Å². The minimum absolute atomic E-state index is 0.133. The van der Waals surface area contributed by atoms with E-state index in [0.717, 1.165) is 12.8 Å². The number of carbonyl (C=O) groups excluding carboxylic acids is 1. The lowest BCUT2D eigenvalue weighted by Crippen LogP contribution is -2.16. The second-order valence-corrected chi connectivity index (χ2v) is 4.32. The first-order chi connectivity index (χ1) is 8.72. The molecule has 0 saturated heterocycles. The topological polar surface area (TPSA) is 64.1 Å². The Labute approximate surface area is 108 Å². The number of carbonyl (C=O) groups is 1. The number of aromatic nitrogens is 2. The third-order valence-corrected chi connectivity index (χ3v) is 2.51. The Kier molecular flexibility index (Phi) is 6.76. The molecule has 0 aliphatic rings. The SMILES string of the molecule is CCCC(C)CC(=O)OCCNc1ncccn1. The van der Waals surface area contributed by atoms with Crippen molar-refractivity contribution in [3.63, 3.8) is 0 Å². The van der Waals surface area contributed by atoms with Crippen molar-refractivity contribution in [3.8, 4) is 0 Å². The van der Waals surface area contributed by atoms with Crippen LogP contribution in [0.25, 0.3) is 0 Å². The van der Waals surface area contributed by atoms with E-state index in [4.69, 9.17) is 4.74 Å². The smallest absolute Gasteiger partial charge is 0.306 e. The summed E-state index contributed by atoms with van der Waals surface area (Å²) in [5, 5.41) is 2.98. The van der Waals surface area contributed by atoms with E-state index in [9.17, 15) is 4.79 Å². The van der Waals surface area contributed by atoms with Crippen molar-refractivity contribution in [1.82, 2.24) is 9.97 Å². The zero-order valence-corrected chi connectivity index (χ0v) is 11.1. The molecular formula is C13H21N3O2. The molecule has 1 aromatic heterocycles. The highest BCUT2D eigenvalue weighted by Gasteiger charge is 2.09. The van der Waals surface area contributed by atoms with Gasteiger partial charge in [-0.15, -0.1) is 0 Å². The first kappa shape index (κ1) is 14.4. The standard InChI is InChI=1S/C13H21N3O2/c1-3-5-11(2)10-12(17)18-9-8-16-13-14-6-4-7-15-13/h4,6-7,11H,3,5,8-10H2,1-2H3,(H,14,15,16). The van der Waals surface area contributed by atoms with Crippen LogP contribution in [-0.4, -0.2) is 29.1 Å². The Morgan fingerprint density at radius 2 is 2.17 bits per heavy atom. The van der Waals surface area contributed by atoms with E-state index >= 15 is 0 Å². The highest BCUT2D eigenvalue weighted by atomic mass is 16.5. The molecule has 5 heteroatoms. The first-order valence-electron chi connectivity index (χ1n) is 6.39. The summed E-state index contributed by atoms with van der Waals surface area (Å²) in [5.41, 5.74) is 0. The maximum Gasteiger partial charge on any atom is 0.306 e. The molecule has 0 bridgehead atoms. The maximum atomic E-state index is 11.5. The molecule has 1 heterocycles. The van der Waals surface area contributed by atoms with E-state index in [0.29, 0.717) is 31.4 Å². The molecule has 1 aromatic rings. The Morgan fingerprint density at radius 3 is 2.83 bits per heavy atom. The summed E-state index contributed by atoms with van der Waals surface area (Å²) in [6.07, 6.45) is 5.98. The molecule has 0 spiro atoms. The summed E-state index contributed by atoms with van der Waals surface area (Å²) in [6.45, 7) is 5.06. The van der Waals surface area contributed by atoms with Gasteiger partial charge in [-0.25, -0.2) is 9.97 Å². The van der Waals surface area contributed by atoms with Crippen LogP contribution in [0.1, 0.15) is 33.1 Å². The average Bonchev–Trinajstić information content (AvgIpc) is 2.36. The Hall–Kier alpha value is -1.65. The molecule has 0 fully saturated rings. The molecule has 0 amide bonds. The molecule has 1 N–H and O–H groups in total. The molecule has 5 nitrogen and oxygen atoms in total. The van der Waals surface area contributed by atoms with Crippen molar-refractivity contribution in [2.24, 2.45) is 5.92 Å². The van der Waals surface area contributed by atoms with Crippen molar-refractivity contribution < 1.29 is 9.53 Å². The van der Waals surface area contributed by atoms with Gasteiger partial charge in [0, 0.05) is 18.8 Å². The normalized spacial score (nSPS) is 11.9. The third-order valence-electron chi connectivity index (χ3n) is 2.51. The molecule has 0 aliphatic carbocycles. The molecular weight excluding hydrogens is 230 g/mol. The van der Waals surface area contributed by atoms with Gasteiger partial charge in [0.1, 0.15) is 6.61 Å². The van der Waals surface area contributed by atoms with Crippen LogP contribution in [0.15, 0.2) is 18.5 Å². The Bertz CT molecular complexity index is 343. The van der Waals surface area contributed by atoms with Crippen LogP contribution in [0, 0.1) is 5.92 Å². The molecule has 100 valence electrons. The van der Waals surface area contributed by atoms with Crippen molar-refractivity contribution >= 4 is 11.9 Å². The zero-order chi connectivity index (χ0) is 13.2. The number of nitrogens with one attached hydrogen (secondary N) is 1. The van der Waals surface area contributed by atoms with E-state index in [1.165, 1.54) is 0 Å². The summed E-state index contributed by atoms with van der Waals surface area (Å²) in [4.78, 5) is 19.5. The molecule has 0 aliphatic heterocycles.